The van der Waals surface area contributed by atoms with Gasteiger partial charge in [-0.3, -0.25) is 14.9 Å². The molecule has 0 aliphatic carbocycles. The minimum atomic E-state index is -0.398. The first-order chi connectivity index (χ1) is 8.43. The Bertz CT molecular complexity index is 461. The van der Waals surface area contributed by atoms with Crippen molar-refractivity contribution in [1.29, 1.82) is 0 Å². The average Bonchev–Trinajstić information content (AvgIpc) is 2.31. The number of aryl methyl sites for hydroxylation is 1. The summed E-state index contributed by atoms with van der Waals surface area (Å²) in [5, 5.41) is 10.8. The molecule has 0 saturated carbocycles. The third-order valence-corrected chi connectivity index (χ3v) is 3.49. The highest BCUT2D eigenvalue weighted by molar-refractivity contribution is 8.00. The van der Waals surface area contributed by atoms with Crippen LogP contribution in [0.5, 0.6) is 0 Å². The average molecular weight is 269 g/mol. The molecule has 18 heavy (non-hydrogen) atoms. The van der Waals surface area contributed by atoms with E-state index in [0.29, 0.717) is 5.56 Å². The zero-order valence-corrected chi connectivity index (χ0v) is 11.3. The number of rotatable bonds is 5. The van der Waals surface area contributed by atoms with Crippen LogP contribution in [0.4, 0.5) is 5.69 Å². The monoisotopic (exact) mass is 269 g/mol. The summed E-state index contributed by atoms with van der Waals surface area (Å²) in [5.74, 6) is -0.281. The van der Waals surface area contributed by atoms with Crippen molar-refractivity contribution in [1.82, 2.24) is 0 Å². The summed E-state index contributed by atoms with van der Waals surface area (Å²) in [4.78, 5) is 22.3. The smallest absolute Gasteiger partial charge is 0.306 e. The summed E-state index contributed by atoms with van der Waals surface area (Å²) in [6, 6.07) is 5.07. The molecule has 5 nitrogen and oxygen atoms in total. The van der Waals surface area contributed by atoms with Gasteiger partial charge in [0.25, 0.3) is 5.69 Å². The Hall–Kier alpha value is -1.56. The van der Waals surface area contributed by atoms with Crippen molar-refractivity contribution in [2.45, 2.75) is 30.4 Å². The first kappa shape index (κ1) is 14.5. The third-order valence-electron chi connectivity index (χ3n) is 2.40. The predicted octanol–water partition coefficient (Wildman–Crippen LogP) is 2.95. The number of methoxy groups -OCH3 is 1. The van der Waals surface area contributed by atoms with E-state index in [0.717, 1.165) is 4.90 Å². The van der Waals surface area contributed by atoms with Crippen molar-refractivity contribution in [3.05, 3.63) is 33.9 Å². The maximum atomic E-state index is 11.1. The Balaban J connectivity index is 2.76. The van der Waals surface area contributed by atoms with Crippen molar-refractivity contribution in [2.24, 2.45) is 0 Å². The van der Waals surface area contributed by atoms with Crippen molar-refractivity contribution in [2.75, 3.05) is 7.11 Å². The van der Waals surface area contributed by atoms with E-state index in [9.17, 15) is 14.9 Å². The summed E-state index contributed by atoms with van der Waals surface area (Å²) in [6.07, 6.45) is 0.281. The van der Waals surface area contributed by atoms with Gasteiger partial charge in [0.15, 0.2) is 0 Å². The minimum absolute atomic E-state index is 0.0137. The van der Waals surface area contributed by atoms with Crippen LogP contribution in [0.3, 0.4) is 0 Å². The van der Waals surface area contributed by atoms with Crippen molar-refractivity contribution >= 4 is 23.4 Å². The van der Waals surface area contributed by atoms with Crippen LogP contribution in [0.15, 0.2) is 23.1 Å². The molecule has 0 aliphatic rings. The summed E-state index contributed by atoms with van der Waals surface area (Å²) in [7, 11) is 1.34. The third kappa shape index (κ3) is 4.03. The van der Waals surface area contributed by atoms with Crippen LogP contribution in [-0.2, 0) is 9.53 Å². The van der Waals surface area contributed by atoms with Gasteiger partial charge in [0, 0.05) is 21.8 Å². The Morgan fingerprint density at radius 3 is 2.78 bits per heavy atom. The largest absolute Gasteiger partial charge is 0.469 e. The van der Waals surface area contributed by atoms with Gasteiger partial charge in [0.1, 0.15) is 0 Å². The van der Waals surface area contributed by atoms with Crippen LogP contribution < -0.4 is 0 Å². The van der Waals surface area contributed by atoms with Gasteiger partial charge in [0.2, 0.25) is 0 Å². The minimum Gasteiger partial charge on any atom is -0.469 e. The Morgan fingerprint density at radius 1 is 1.56 bits per heavy atom. The quantitative estimate of drug-likeness (QED) is 0.356. The molecule has 1 atom stereocenters. The van der Waals surface area contributed by atoms with Crippen LogP contribution in [-0.4, -0.2) is 23.3 Å². The number of carbonyl (C=O) groups is 1. The molecule has 0 spiro atoms. The molecule has 0 amide bonds. The first-order valence-corrected chi connectivity index (χ1v) is 6.30. The molecule has 0 aromatic heterocycles. The number of hydrogen-bond acceptors (Lipinski definition) is 5. The molecular formula is C12H15NO4S. The van der Waals surface area contributed by atoms with E-state index < -0.39 is 4.92 Å². The topological polar surface area (TPSA) is 69.4 Å². The molecule has 0 saturated heterocycles. The summed E-state index contributed by atoms with van der Waals surface area (Å²) in [5.41, 5.74) is 0.732. The van der Waals surface area contributed by atoms with E-state index in [1.165, 1.54) is 24.9 Å². The number of esters is 1. The zero-order chi connectivity index (χ0) is 13.7. The summed E-state index contributed by atoms with van der Waals surface area (Å²) >= 11 is 1.42. The van der Waals surface area contributed by atoms with Crippen LogP contribution in [0.1, 0.15) is 18.9 Å². The normalized spacial score (nSPS) is 11.9. The fourth-order valence-corrected chi connectivity index (χ4v) is 2.46. The van der Waals surface area contributed by atoms with E-state index in [1.54, 1.807) is 13.0 Å². The van der Waals surface area contributed by atoms with Crippen molar-refractivity contribution in [3.8, 4) is 0 Å². The number of carbonyl (C=O) groups excluding carboxylic acids is 1. The van der Waals surface area contributed by atoms with Crippen LogP contribution in [0, 0.1) is 17.0 Å². The summed E-state index contributed by atoms with van der Waals surface area (Å²) < 4.78 is 4.58. The highest BCUT2D eigenvalue weighted by atomic mass is 32.2. The first-order valence-electron chi connectivity index (χ1n) is 5.42. The van der Waals surface area contributed by atoms with E-state index in [-0.39, 0.29) is 23.3 Å². The highest BCUT2D eigenvalue weighted by Gasteiger charge is 2.15. The maximum Gasteiger partial charge on any atom is 0.306 e. The van der Waals surface area contributed by atoms with E-state index in [4.69, 9.17) is 0 Å². The summed E-state index contributed by atoms with van der Waals surface area (Å²) in [6.45, 7) is 3.58. The maximum absolute atomic E-state index is 11.1. The molecule has 0 bridgehead atoms. The van der Waals surface area contributed by atoms with Gasteiger partial charge < -0.3 is 4.74 Å². The second-order valence-corrected chi connectivity index (χ2v) is 5.43. The van der Waals surface area contributed by atoms with Crippen LogP contribution in [0.25, 0.3) is 0 Å². The molecule has 1 unspecified atom stereocenters. The molecule has 98 valence electrons. The molecule has 1 aromatic carbocycles. The van der Waals surface area contributed by atoms with Gasteiger partial charge in [-0.2, -0.15) is 0 Å². The molecule has 0 radical (unpaired) electrons. The number of nitro benzene ring substituents is 1. The van der Waals surface area contributed by atoms with Crippen LogP contribution >= 0.6 is 11.8 Å². The van der Waals surface area contributed by atoms with Gasteiger partial charge in [-0.1, -0.05) is 13.0 Å². The van der Waals surface area contributed by atoms with Crippen molar-refractivity contribution < 1.29 is 14.5 Å². The number of ether oxygens (including phenoxy) is 1. The second-order valence-electron chi connectivity index (χ2n) is 3.91. The van der Waals surface area contributed by atoms with Crippen LogP contribution in [0.2, 0.25) is 0 Å². The van der Waals surface area contributed by atoms with Gasteiger partial charge in [-0.05, 0) is 13.0 Å². The lowest BCUT2D eigenvalue weighted by molar-refractivity contribution is -0.385. The molecule has 0 aliphatic heterocycles. The number of benzene rings is 1. The van der Waals surface area contributed by atoms with Crippen molar-refractivity contribution in [3.63, 3.8) is 0 Å². The second kappa shape index (κ2) is 6.39. The van der Waals surface area contributed by atoms with E-state index >= 15 is 0 Å². The molecule has 0 N–H and O–H groups in total. The molecule has 0 fully saturated rings. The zero-order valence-electron chi connectivity index (χ0n) is 10.5. The van der Waals surface area contributed by atoms with Gasteiger partial charge in [-0.25, -0.2) is 0 Å². The number of thioether (sulfide) groups is 1. The van der Waals surface area contributed by atoms with Gasteiger partial charge in [-0.15, -0.1) is 11.8 Å². The fraction of sp³-hybridized carbons (Fsp3) is 0.417. The number of nitrogens with zero attached hydrogens (tertiary/aromatic N) is 1. The van der Waals surface area contributed by atoms with E-state index in [2.05, 4.69) is 4.74 Å². The lowest BCUT2D eigenvalue weighted by Crippen LogP contribution is -2.08. The molecule has 6 heteroatoms. The van der Waals surface area contributed by atoms with E-state index in [1.807, 2.05) is 13.0 Å². The Kier molecular flexibility index (Phi) is 5.15. The van der Waals surface area contributed by atoms with Gasteiger partial charge >= 0.3 is 5.97 Å². The fourth-order valence-electron chi connectivity index (χ4n) is 1.45. The Morgan fingerprint density at radius 2 is 2.22 bits per heavy atom. The standard InChI is InChI=1S/C12H15NO4S/c1-8-4-5-10(7-11(8)13(15)16)18-9(2)6-12(14)17-3/h4-5,7,9H,6H2,1-3H3. The lowest BCUT2D eigenvalue weighted by Gasteiger charge is -2.09. The SMILES string of the molecule is COC(=O)CC(C)Sc1ccc(C)c([N+](=O)[O-])c1. The molecule has 1 aromatic rings. The predicted molar refractivity (Wildman–Crippen MR) is 69.8 cm³/mol. The lowest BCUT2D eigenvalue weighted by atomic mass is 10.2. The van der Waals surface area contributed by atoms with Gasteiger partial charge in [0.05, 0.1) is 18.5 Å². The number of nitro groups is 1. The molecular weight excluding hydrogens is 254 g/mol. The highest BCUT2D eigenvalue weighted by Crippen LogP contribution is 2.30. The molecule has 1 rings (SSSR count). The molecule has 0 heterocycles. The Labute approximate surface area is 110 Å². The number of hydrogen-bond donors (Lipinski definition) is 0.